The van der Waals surface area contributed by atoms with E-state index in [4.69, 9.17) is 0 Å². The molecule has 1 aliphatic heterocycles. The van der Waals surface area contributed by atoms with Gasteiger partial charge in [-0.2, -0.15) is 12.6 Å². The molecule has 10 heavy (non-hydrogen) atoms. The van der Waals surface area contributed by atoms with Crippen molar-refractivity contribution in [3.05, 3.63) is 0 Å². The normalized spacial score (nSPS) is 19.1. The van der Waals surface area contributed by atoms with Gasteiger partial charge in [0.25, 0.3) is 0 Å². The fourth-order valence-electron chi connectivity index (χ4n) is 1.24. The van der Waals surface area contributed by atoms with Crippen LogP contribution < -0.4 is 0 Å². The Morgan fingerprint density at radius 3 is 2.40 bits per heavy atom. The topological polar surface area (TPSA) is 20.3 Å². The predicted octanol–water partition coefficient (Wildman–Crippen LogP) is 0.929. The van der Waals surface area contributed by atoms with E-state index in [2.05, 4.69) is 12.6 Å². The van der Waals surface area contributed by atoms with E-state index < -0.39 is 0 Å². The molecule has 58 valence electrons. The fraction of sp³-hybridized carbons (Fsp3) is 0.857. The Morgan fingerprint density at radius 2 is 1.90 bits per heavy atom. The third-order valence-corrected chi connectivity index (χ3v) is 2.11. The standard InChI is InChI=1S/C7H13NOS/c9-7(6-10)8-4-2-1-3-5-8/h10H,1-6H2. The number of piperidine rings is 1. The van der Waals surface area contributed by atoms with Crippen molar-refractivity contribution in [3.8, 4) is 0 Å². The van der Waals surface area contributed by atoms with Crippen molar-refractivity contribution < 1.29 is 4.79 Å². The first kappa shape index (κ1) is 7.92. The van der Waals surface area contributed by atoms with Crippen molar-refractivity contribution in [2.24, 2.45) is 0 Å². The molecule has 1 heterocycles. The van der Waals surface area contributed by atoms with E-state index in [1.54, 1.807) is 0 Å². The molecule has 1 fully saturated rings. The molecule has 1 saturated heterocycles. The molecular formula is C7H13NOS. The number of nitrogens with zero attached hydrogens (tertiary/aromatic N) is 1. The molecule has 0 aromatic rings. The summed E-state index contributed by atoms with van der Waals surface area (Å²) in [5.41, 5.74) is 0. The SMILES string of the molecule is O=C(CS)N1CCCCC1. The van der Waals surface area contributed by atoms with Crippen LogP contribution in [-0.4, -0.2) is 29.6 Å². The lowest BCUT2D eigenvalue weighted by Gasteiger charge is -2.25. The van der Waals surface area contributed by atoms with Crippen molar-refractivity contribution in [3.63, 3.8) is 0 Å². The summed E-state index contributed by atoms with van der Waals surface area (Å²) in [6.07, 6.45) is 3.61. The van der Waals surface area contributed by atoms with Gasteiger partial charge < -0.3 is 4.90 Å². The highest BCUT2D eigenvalue weighted by Gasteiger charge is 2.13. The van der Waals surface area contributed by atoms with Crippen molar-refractivity contribution >= 4 is 18.5 Å². The number of likely N-dealkylation sites (tertiary alicyclic amines) is 1. The van der Waals surface area contributed by atoms with Gasteiger partial charge in [-0.05, 0) is 19.3 Å². The van der Waals surface area contributed by atoms with Gasteiger partial charge in [-0.25, -0.2) is 0 Å². The maximum absolute atomic E-state index is 11.0. The Kier molecular flexibility index (Phi) is 3.06. The van der Waals surface area contributed by atoms with E-state index in [0.29, 0.717) is 5.75 Å². The second kappa shape index (κ2) is 3.86. The molecule has 1 aliphatic rings. The van der Waals surface area contributed by atoms with Gasteiger partial charge in [-0.3, -0.25) is 4.79 Å². The third-order valence-electron chi connectivity index (χ3n) is 1.84. The number of hydrogen-bond acceptors (Lipinski definition) is 2. The molecule has 0 aromatic heterocycles. The van der Waals surface area contributed by atoms with Crippen LogP contribution >= 0.6 is 12.6 Å². The Hall–Kier alpha value is -0.180. The number of carbonyl (C=O) groups is 1. The molecular weight excluding hydrogens is 146 g/mol. The van der Waals surface area contributed by atoms with Crippen molar-refractivity contribution in [2.45, 2.75) is 19.3 Å². The van der Waals surface area contributed by atoms with Gasteiger partial charge in [0.2, 0.25) is 5.91 Å². The molecule has 1 rings (SSSR count). The highest BCUT2D eigenvalue weighted by Crippen LogP contribution is 2.08. The lowest BCUT2D eigenvalue weighted by Crippen LogP contribution is -2.36. The lowest BCUT2D eigenvalue weighted by atomic mass is 10.1. The highest BCUT2D eigenvalue weighted by atomic mass is 32.1. The number of thiol groups is 1. The van der Waals surface area contributed by atoms with Gasteiger partial charge in [0, 0.05) is 13.1 Å². The largest absolute Gasteiger partial charge is 0.342 e. The van der Waals surface area contributed by atoms with Crippen LogP contribution in [0.1, 0.15) is 19.3 Å². The Labute approximate surface area is 67.0 Å². The minimum absolute atomic E-state index is 0.183. The number of hydrogen-bond donors (Lipinski definition) is 1. The maximum Gasteiger partial charge on any atom is 0.232 e. The minimum atomic E-state index is 0.183. The van der Waals surface area contributed by atoms with E-state index in [0.717, 1.165) is 13.1 Å². The van der Waals surface area contributed by atoms with Crippen LogP contribution in [0.3, 0.4) is 0 Å². The Balaban J connectivity index is 2.31. The second-order valence-electron chi connectivity index (χ2n) is 2.60. The van der Waals surface area contributed by atoms with Gasteiger partial charge in [-0.1, -0.05) is 0 Å². The summed E-state index contributed by atoms with van der Waals surface area (Å²) in [7, 11) is 0. The third kappa shape index (κ3) is 1.90. The first-order valence-corrected chi connectivity index (χ1v) is 4.36. The van der Waals surface area contributed by atoms with Crippen LogP contribution in [0.4, 0.5) is 0 Å². The summed E-state index contributed by atoms with van der Waals surface area (Å²) in [6, 6.07) is 0. The summed E-state index contributed by atoms with van der Waals surface area (Å²) in [5, 5.41) is 0. The van der Waals surface area contributed by atoms with Crippen molar-refractivity contribution in [2.75, 3.05) is 18.8 Å². The lowest BCUT2D eigenvalue weighted by molar-refractivity contribution is -0.129. The van der Waals surface area contributed by atoms with Crippen LogP contribution in [0.2, 0.25) is 0 Å². The molecule has 2 nitrogen and oxygen atoms in total. The van der Waals surface area contributed by atoms with Crippen LogP contribution in [0.15, 0.2) is 0 Å². The zero-order valence-electron chi connectivity index (χ0n) is 6.05. The average Bonchev–Trinajstić information content (AvgIpc) is 2.05. The average molecular weight is 159 g/mol. The van der Waals surface area contributed by atoms with Gasteiger partial charge in [-0.15, -0.1) is 0 Å². The van der Waals surface area contributed by atoms with E-state index in [9.17, 15) is 4.79 Å². The quantitative estimate of drug-likeness (QED) is 0.564. The van der Waals surface area contributed by atoms with E-state index >= 15 is 0 Å². The number of carbonyl (C=O) groups excluding carboxylic acids is 1. The zero-order valence-corrected chi connectivity index (χ0v) is 6.94. The molecule has 0 bridgehead atoms. The van der Waals surface area contributed by atoms with Gasteiger partial charge in [0.1, 0.15) is 0 Å². The smallest absolute Gasteiger partial charge is 0.232 e. The summed E-state index contributed by atoms with van der Waals surface area (Å²) in [4.78, 5) is 12.9. The predicted molar refractivity (Wildman–Crippen MR) is 44.3 cm³/mol. The minimum Gasteiger partial charge on any atom is -0.342 e. The molecule has 0 aromatic carbocycles. The summed E-state index contributed by atoms with van der Waals surface area (Å²) in [5.74, 6) is 0.544. The zero-order chi connectivity index (χ0) is 7.40. The van der Waals surface area contributed by atoms with Crippen molar-refractivity contribution in [1.29, 1.82) is 0 Å². The molecule has 1 amide bonds. The van der Waals surface area contributed by atoms with E-state index in [1.165, 1.54) is 19.3 Å². The first-order chi connectivity index (χ1) is 4.84. The molecule has 0 spiro atoms. The summed E-state index contributed by atoms with van der Waals surface area (Å²) >= 11 is 3.93. The molecule has 0 radical (unpaired) electrons. The van der Waals surface area contributed by atoms with Crippen LogP contribution in [-0.2, 0) is 4.79 Å². The summed E-state index contributed by atoms with van der Waals surface area (Å²) < 4.78 is 0. The van der Waals surface area contributed by atoms with Crippen LogP contribution in [0.5, 0.6) is 0 Å². The van der Waals surface area contributed by atoms with Crippen molar-refractivity contribution in [1.82, 2.24) is 4.90 Å². The second-order valence-corrected chi connectivity index (χ2v) is 2.92. The molecule has 0 N–H and O–H groups in total. The Morgan fingerprint density at radius 1 is 1.30 bits per heavy atom. The van der Waals surface area contributed by atoms with Crippen LogP contribution in [0.25, 0.3) is 0 Å². The van der Waals surface area contributed by atoms with Gasteiger partial charge in [0.15, 0.2) is 0 Å². The number of rotatable bonds is 1. The molecule has 0 aliphatic carbocycles. The molecule has 0 atom stereocenters. The number of amides is 1. The monoisotopic (exact) mass is 159 g/mol. The molecule has 0 saturated carbocycles. The van der Waals surface area contributed by atoms with E-state index in [-0.39, 0.29) is 5.91 Å². The molecule has 0 unspecified atom stereocenters. The highest BCUT2D eigenvalue weighted by molar-refractivity contribution is 7.81. The molecule has 3 heteroatoms. The van der Waals surface area contributed by atoms with E-state index in [1.807, 2.05) is 4.90 Å². The maximum atomic E-state index is 11.0. The van der Waals surface area contributed by atoms with Gasteiger partial charge in [0.05, 0.1) is 5.75 Å². The van der Waals surface area contributed by atoms with Gasteiger partial charge >= 0.3 is 0 Å². The Bertz CT molecular complexity index is 121. The summed E-state index contributed by atoms with van der Waals surface area (Å²) in [6.45, 7) is 1.89. The first-order valence-electron chi connectivity index (χ1n) is 3.73. The fourth-order valence-corrected chi connectivity index (χ4v) is 1.44. The van der Waals surface area contributed by atoms with Crippen LogP contribution in [0, 0.1) is 0 Å².